The monoisotopic (exact) mass is 277 g/mol. The first-order valence-corrected chi connectivity index (χ1v) is 6.83. The SMILES string of the molecule is O=C(O)CN(CCc1ccccc1)C(=O)[C@@H]1CCCO1. The molecule has 0 aromatic heterocycles. The van der Waals surface area contributed by atoms with Crippen molar-refractivity contribution in [3.8, 4) is 0 Å². The van der Waals surface area contributed by atoms with Crippen LogP contribution in [0.1, 0.15) is 18.4 Å². The molecule has 1 saturated heterocycles. The predicted molar refractivity (Wildman–Crippen MR) is 73.3 cm³/mol. The van der Waals surface area contributed by atoms with Crippen molar-refractivity contribution < 1.29 is 19.4 Å². The Labute approximate surface area is 118 Å². The number of amides is 1. The lowest BCUT2D eigenvalue weighted by Gasteiger charge is -2.23. The van der Waals surface area contributed by atoms with Gasteiger partial charge >= 0.3 is 5.97 Å². The molecule has 1 N–H and O–H groups in total. The number of rotatable bonds is 6. The number of hydrogen-bond acceptors (Lipinski definition) is 3. The molecule has 108 valence electrons. The molecule has 1 aromatic carbocycles. The molecule has 1 aromatic rings. The Morgan fingerprint density at radius 2 is 2.05 bits per heavy atom. The number of carboxylic acid groups (broad SMARTS) is 1. The number of carboxylic acids is 1. The molecule has 20 heavy (non-hydrogen) atoms. The van der Waals surface area contributed by atoms with Crippen molar-refractivity contribution in [3.05, 3.63) is 35.9 Å². The summed E-state index contributed by atoms with van der Waals surface area (Å²) >= 11 is 0. The zero-order valence-electron chi connectivity index (χ0n) is 11.3. The molecule has 1 heterocycles. The van der Waals surface area contributed by atoms with E-state index in [0.29, 0.717) is 26.0 Å². The second-order valence-corrected chi connectivity index (χ2v) is 4.89. The average Bonchev–Trinajstić information content (AvgIpc) is 2.97. The maximum atomic E-state index is 12.2. The summed E-state index contributed by atoms with van der Waals surface area (Å²) in [6.07, 6.45) is 1.72. The molecule has 5 heteroatoms. The molecule has 5 nitrogen and oxygen atoms in total. The number of carbonyl (C=O) groups excluding carboxylic acids is 1. The van der Waals surface area contributed by atoms with Gasteiger partial charge < -0.3 is 14.7 Å². The van der Waals surface area contributed by atoms with Crippen molar-refractivity contribution in [1.29, 1.82) is 0 Å². The van der Waals surface area contributed by atoms with E-state index in [0.717, 1.165) is 12.0 Å². The summed E-state index contributed by atoms with van der Waals surface area (Å²) in [6, 6.07) is 9.72. The van der Waals surface area contributed by atoms with Gasteiger partial charge in [0.15, 0.2) is 0 Å². The highest BCUT2D eigenvalue weighted by Gasteiger charge is 2.29. The normalized spacial score (nSPS) is 17.9. The molecule has 0 radical (unpaired) electrons. The zero-order chi connectivity index (χ0) is 14.4. The summed E-state index contributed by atoms with van der Waals surface area (Å²) in [5, 5.41) is 8.94. The summed E-state index contributed by atoms with van der Waals surface area (Å²) in [5.74, 6) is -1.20. The van der Waals surface area contributed by atoms with Crippen LogP contribution in [0.3, 0.4) is 0 Å². The molecule has 2 rings (SSSR count). The van der Waals surface area contributed by atoms with E-state index in [4.69, 9.17) is 9.84 Å². The van der Waals surface area contributed by atoms with Crippen molar-refractivity contribution in [2.24, 2.45) is 0 Å². The second-order valence-electron chi connectivity index (χ2n) is 4.89. The maximum Gasteiger partial charge on any atom is 0.323 e. The van der Waals surface area contributed by atoms with Crippen molar-refractivity contribution in [1.82, 2.24) is 4.90 Å². The van der Waals surface area contributed by atoms with Crippen LogP contribution in [0.5, 0.6) is 0 Å². The van der Waals surface area contributed by atoms with Gasteiger partial charge in [-0.05, 0) is 24.8 Å². The van der Waals surface area contributed by atoms with Crippen LogP contribution in [-0.4, -0.2) is 47.7 Å². The quantitative estimate of drug-likeness (QED) is 0.851. The predicted octanol–water partition coefficient (Wildman–Crippen LogP) is 1.32. The molecule has 1 aliphatic rings. The third kappa shape index (κ3) is 4.06. The van der Waals surface area contributed by atoms with E-state index in [1.54, 1.807) is 0 Å². The highest BCUT2D eigenvalue weighted by molar-refractivity contribution is 5.84. The lowest BCUT2D eigenvalue weighted by molar-refractivity contribution is -0.149. The van der Waals surface area contributed by atoms with Gasteiger partial charge in [0.05, 0.1) is 0 Å². The summed E-state index contributed by atoms with van der Waals surface area (Å²) in [6.45, 7) is 0.705. The Hall–Kier alpha value is -1.88. The second kappa shape index (κ2) is 7.05. The molecule has 0 bridgehead atoms. The van der Waals surface area contributed by atoms with Crippen molar-refractivity contribution in [2.45, 2.75) is 25.4 Å². The molecule has 0 unspecified atom stereocenters. The lowest BCUT2D eigenvalue weighted by Crippen LogP contribution is -2.43. The largest absolute Gasteiger partial charge is 0.480 e. The van der Waals surface area contributed by atoms with Gasteiger partial charge in [-0.3, -0.25) is 9.59 Å². The first kappa shape index (κ1) is 14.5. The number of ether oxygens (including phenoxy) is 1. The fraction of sp³-hybridized carbons (Fsp3) is 0.467. The first-order chi connectivity index (χ1) is 9.66. The lowest BCUT2D eigenvalue weighted by atomic mass is 10.1. The van der Waals surface area contributed by atoms with Gasteiger partial charge in [-0.1, -0.05) is 30.3 Å². The number of nitrogens with zero attached hydrogens (tertiary/aromatic N) is 1. The summed E-state index contributed by atoms with van der Waals surface area (Å²) in [7, 11) is 0. The molecule has 1 amide bonds. The number of aliphatic carboxylic acids is 1. The molecule has 0 aliphatic carbocycles. The van der Waals surface area contributed by atoms with Gasteiger partial charge in [0.2, 0.25) is 0 Å². The van der Waals surface area contributed by atoms with Crippen LogP contribution in [0, 0.1) is 0 Å². The van der Waals surface area contributed by atoms with Crippen LogP contribution in [0.2, 0.25) is 0 Å². The molecular weight excluding hydrogens is 258 g/mol. The van der Waals surface area contributed by atoms with E-state index < -0.39 is 12.1 Å². The van der Waals surface area contributed by atoms with Gasteiger partial charge in [-0.25, -0.2) is 0 Å². The van der Waals surface area contributed by atoms with Gasteiger partial charge in [0.1, 0.15) is 12.6 Å². The number of carbonyl (C=O) groups is 2. The summed E-state index contributed by atoms with van der Waals surface area (Å²) in [4.78, 5) is 24.5. The highest BCUT2D eigenvalue weighted by Crippen LogP contribution is 2.15. The molecule has 0 spiro atoms. The third-order valence-corrected chi connectivity index (χ3v) is 3.36. The van der Waals surface area contributed by atoms with E-state index >= 15 is 0 Å². The molecule has 1 fully saturated rings. The topological polar surface area (TPSA) is 66.8 Å². The van der Waals surface area contributed by atoms with Crippen molar-refractivity contribution >= 4 is 11.9 Å². The van der Waals surface area contributed by atoms with E-state index in [9.17, 15) is 9.59 Å². The summed E-state index contributed by atoms with van der Waals surface area (Å²) in [5.41, 5.74) is 1.09. The van der Waals surface area contributed by atoms with Crippen LogP contribution in [0.15, 0.2) is 30.3 Å². The van der Waals surface area contributed by atoms with Gasteiger partial charge in [0.25, 0.3) is 5.91 Å². The smallest absolute Gasteiger partial charge is 0.323 e. The van der Waals surface area contributed by atoms with Gasteiger partial charge in [0, 0.05) is 13.2 Å². The van der Waals surface area contributed by atoms with Crippen LogP contribution >= 0.6 is 0 Å². The maximum absolute atomic E-state index is 12.2. The first-order valence-electron chi connectivity index (χ1n) is 6.83. The highest BCUT2D eigenvalue weighted by atomic mass is 16.5. The van der Waals surface area contributed by atoms with Crippen molar-refractivity contribution in [2.75, 3.05) is 19.7 Å². The van der Waals surface area contributed by atoms with Crippen LogP contribution < -0.4 is 0 Å². The van der Waals surface area contributed by atoms with E-state index in [1.807, 2.05) is 30.3 Å². The van der Waals surface area contributed by atoms with Gasteiger partial charge in [-0.2, -0.15) is 0 Å². The van der Waals surface area contributed by atoms with Crippen LogP contribution in [-0.2, 0) is 20.7 Å². The minimum Gasteiger partial charge on any atom is -0.480 e. The van der Waals surface area contributed by atoms with Gasteiger partial charge in [-0.15, -0.1) is 0 Å². The Bertz CT molecular complexity index is 454. The third-order valence-electron chi connectivity index (χ3n) is 3.36. The summed E-state index contributed by atoms with van der Waals surface area (Å²) < 4.78 is 5.35. The molecule has 1 aliphatic heterocycles. The minimum absolute atomic E-state index is 0.208. The standard InChI is InChI=1S/C15H19NO4/c17-14(18)11-16(15(19)13-7-4-10-20-13)9-8-12-5-2-1-3-6-12/h1-3,5-6,13H,4,7-11H2,(H,17,18)/t13-/m0/s1. The van der Waals surface area contributed by atoms with Crippen LogP contribution in [0.25, 0.3) is 0 Å². The Morgan fingerprint density at radius 1 is 1.30 bits per heavy atom. The molecular formula is C15H19NO4. The number of benzene rings is 1. The zero-order valence-corrected chi connectivity index (χ0v) is 11.3. The fourth-order valence-corrected chi connectivity index (χ4v) is 2.32. The van der Waals surface area contributed by atoms with Crippen LogP contribution in [0.4, 0.5) is 0 Å². The van der Waals surface area contributed by atoms with E-state index in [1.165, 1.54) is 4.90 Å². The van der Waals surface area contributed by atoms with E-state index in [-0.39, 0.29) is 12.5 Å². The molecule has 0 saturated carbocycles. The minimum atomic E-state index is -0.996. The Morgan fingerprint density at radius 3 is 2.65 bits per heavy atom. The average molecular weight is 277 g/mol. The fourth-order valence-electron chi connectivity index (χ4n) is 2.32. The van der Waals surface area contributed by atoms with Crippen molar-refractivity contribution in [3.63, 3.8) is 0 Å². The Kier molecular flexibility index (Phi) is 5.12. The Balaban J connectivity index is 1.95. The number of hydrogen-bond donors (Lipinski definition) is 1. The van der Waals surface area contributed by atoms with E-state index in [2.05, 4.69) is 0 Å². The molecule has 1 atom stereocenters.